The Morgan fingerprint density at radius 3 is 2.39 bits per heavy atom. The number of aliphatic carboxylic acids is 1. The van der Waals surface area contributed by atoms with Crippen molar-refractivity contribution in [2.24, 2.45) is 0 Å². The van der Waals surface area contributed by atoms with Gasteiger partial charge < -0.3 is 25.0 Å². The molecule has 0 spiro atoms. The SMILES string of the molecule is C[C@@H](c1ccccc1)N(C)C[C@H]1C[C@@H](c2ccc(CO)cc2)O[C@@H](c2cccc(NC(=O)CCCCC(=O)O)c2)O1. The van der Waals surface area contributed by atoms with Gasteiger partial charge in [0.05, 0.1) is 18.8 Å². The van der Waals surface area contributed by atoms with E-state index in [1.807, 2.05) is 54.6 Å². The number of carbonyl (C=O) groups excluding carboxylic acids is 1. The van der Waals surface area contributed by atoms with Crippen molar-refractivity contribution in [1.29, 1.82) is 0 Å². The third-order valence-corrected chi connectivity index (χ3v) is 7.54. The van der Waals surface area contributed by atoms with E-state index in [0.29, 0.717) is 31.5 Å². The van der Waals surface area contributed by atoms with Crippen LogP contribution in [0.5, 0.6) is 0 Å². The Kier molecular flexibility index (Phi) is 11.0. The molecule has 0 bridgehead atoms. The average Bonchev–Trinajstić information content (AvgIpc) is 2.99. The first-order chi connectivity index (χ1) is 19.8. The lowest BCUT2D eigenvalue weighted by Crippen LogP contribution is -2.38. The van der Waals surface area contributed by atoms with Crippen LogP contribution in [0.25, 0.3) is 0 Å². The van der Waals surface area contributed by atoms with Crippen molar-refractivity contribution < 1.29 is 29.3 Å². The van der Waals surface area contributed by atoms with E-state index >= 15 is 0 Å². The first-order valence-corrected chi connectivity index (χ1v) is 14.2. The number of anilines is 1. The zero-order valence-corrected chi connectivity index (χ0v) is 23.7. The van der Waals surface area contributed by atoms with Gasteiger partial charge in [-0.3, -0.25) is 14.5 Å². The Hall–Kier alpha value is -3.56. The van der Waals surface area contributed by atoms with Crippen LogP contribution in [0.2, 0.25) is 0 Å². The first-order valence-electron chi connectivity index (χ1n) is 14.2. The number of likely N-dealkylation sites (N-methyl/N-ethyl adjacent to an activating group) is 1. The van der Waals surface area contributed by atoms with Gasteiger partial charge in [-0.1, -0.05) is 66.7 Å². The van der Waals surface area contributed by atoms with E-state index in [0.717, 1.165) is 16.7 Å². The zero-order chi connectivity index (χ0) is 29.2. The predicted molar refractivity (Wildman–Crippen MR) is 157 cm³/mol. The second kappa shape index (κ2) is 14.9. The van der Waals surface area contributed by atoms with Gasteiger partial charge in [0, 0.05) is 43.1 Å². The highest BCUT2D eigenvalue weighted by atomic mass is 16.7. The molecule has 1 saturated heterocycles. The highest BCUT2D eigenvalue weighted by molar-refractivity contribution is 5.90. The molecule has 8 nitrogen and oxygen atoms in total. The van der Waals surface area contributed by atoms with Crippen molar-refractivity contribution in [3.05, 3.63) is 101 Å². The molecule has 0 saturated carbocycles. The van der Waals surface area contributed by atoms with Crippen molar-refractivity contribution in [2.75, 3.05) is 18.9 Å². The molecule has 4 atom stereocenters. The molecule has 0 unspecified atom stereocenters. The Labute approximate surface area is 241 Å². The maximum Gasteiger partial charge on any atom is 0.303 e. The van der Waals surface area contributed by atoms with Gasteiger partial charge in [-0.15, -0.1) is 0 Å². The summed E-state index contributed by atoms with van der Waals surface area (Å²) in [5, 5.41) is 21.2. The third kappa shape index (κ3) is 8.96. The number of hydrogen-bond acceptors (Lipinski definition) is 6. The minimum absolute atomic E-state index is 0.0135. The number of aliphatic hydroxyl groups is 1. The number of unbranched alkanes of at least 4 members (excludes halogenated alkanes) is 1. The molecule has 218 valence electrons. The number of carboxylic acid groups (broad SMARTS) is 1. The first kappa shape index (κ1) is 30.4. The van der Waals surface area contributed by atoms with E-state index in [-0.39, 0.29) is 43.6 Å². The Morgan fingerprint density at radius 1 is 0.951 bits per heavy atom. The van der Waals surface area contributed by atoms with Crippen LogP contribution in [0.3, 0.4) is 0 Å². The Balaban J connectivity index is 1.48. The molecular weight excluding hydrogens is 520 g/mol. The topological polar surface area (TPSA) is 108 Å². The van der Waals surface area contributed by atoms with Crippen molar-refractivity contribution >= 4 is 17.6 Å². The molecule has 3 N–H and O–H groups in total. The lowest BCUT2D eigenvalue weighted by molar-refractivity contribution is -0.253. The molecule has 1 heterocycles. The summed E-state index contributed by atoms with van der Waals surface area (Å²) in [4.78, 5) is 25.4. The number of amides is 1. The van der Waals surface area contributed by atoms with Crippen LogP contribution in [0, 0.1) is 0 Å². The summed E-state index contributed by atoms with van der Waals surface area (Å²) in [6.07, 6.45) is 1.01. The van der Waals surface area contributed by atoms with Crippen LogP contribution in [0.15, 0.2) is 78.9 Å². The number of aliphatic hydroxyl groups excluding tert-OH is 1. The van der Waals surface area contributed by atoms with Crippen molar-refractivity contribution in [1.82, 2.24) is 4.90 Å². The molecule has 41 heavy (non-hydrogen) atoms. The Morgan fingerprint density at radius 2 is 1.68 bits per heavy atom. The maximum atomic E-state index is 12.4. The molecule has 0 radical (unpaired) electrons. The summed E-state index contributed by atoms with van der Waals surface area (Å²) in [6.45, 7) is 2.87. The third-order valence-electron chi connectivity index (χ3n) is 7.54. The fourth-order valence-electron chi connectivity index (χ4n) is 5.05. The number of carbonyl (C=O) groups is 2. The quantitative estimate of drug-likeness (QED) is 0.220. The molecule has 0 aliphatic carbocycles. The van der Waals surface area contributed by atoms with Crippen molar-refractivity contribution in [2.45, 2.75) is 70.2 Å². The van der Waals surface area contributed by atoms with E-state index in [1.54, 1.807) is 0 Å². The fourth-order valence-corrected chi connectivity index (χ4v) is 5.05. The maximum absolute atomic E-state index is 12.4. The molecule has 1 fully saturated rings. The van der Waals surface area contributed by atoms with Gasteiger partial charge >= 0.3 is 5.97 Å². The average molecular weight is 561 g/mol. The predicted octanol–water partition coefficient (Wildman–Crippen LogP) is 6.00. The molecule has 3 aromatic carbocycles. The van der Waals surface area contributed by atoms with Gasteiger partial charge in [-0.05, 0) is 55.6 Å². The van der Waals surface area contributed by atoms with Gasteiger partial charge in [-0.2, -0.15) is 0 Å². The second-order valence-electron chi connectivity index (χ2n) is 10.7. The normalized spacial score (nSPS) is 19.6. The standard InChI is InChI=1S/C33H40N2O6/c1-23(25-9-4-3-5-10-25)35(2)21-29-20-30(26-17-15-24(22-36)16-18-26)41-33(40-29)27-11-8-12-28(19-27)34-31(37)13-6-7-14-32(38)39/h3-5,8-12,15-19,23,29-30,33,36H,6-7,13-14,20-22H2,1-2H3,(H,34,37)(H,38,39)/t23-,29+,30-,33-/m0/s1. The smallest absolute Gasteiger partial charge is 0.303 e. The lowest BCUT2D eigenvalue weighted by Gasteiger charge is -2.39. The largest absolute Gasteiger partial charge is 0.481 e. The van der Waals surface area contributed by atoms with Gasteiger partial charge in [-0.25, -0.2) is 0 Å². The van der Waals surface area contributed by atoms with Crippen LogP contribution in [-0.4, -0.2) is 46.7 Å². The molecule has 8 heteroatoms. The van der Waals surface area contributed by atoms with Gasteiger partial charge in [0.25, 0.3) is 0 Å². The van der Waals surface area contributed by atoms with E-state index in [1.165, 1.54) is 5.56 Å². The van der Waals surface area contributed by atoms with Crippen LogP contribution in [0.1, 0.15) is 79.7 Å². The molecule has 1 amide bonds. The van der Waals surface area contributed by atoms with Crippen LogP contribution in [0.4, 0.5) is 5.69 Å². The fraction of sp³-hybridized carbons (Fsp3) is 0.394. The molecular formula is C33H40N2O6. The number of ether oxygens (including phenoxy) is 2. The number of nitrogens with one attached hydrogen (secondary N) is 1. The van der Waals surface area contributed by atoms with Crippen LogP contribution >= 0.6 is 0 Å². The molecule has 3 aromatic rings. The highest BCUT2D eigenvalue weighted by Crippen LogP contribution is 2.39. The highest BCUT2D eigenvalue weighted by Gasteiger charge is 2.33. The van der Waals surface area contributed by atoms with E-state index < -0.39 is 12.3 Å². The second-order valence-corrected chi connectivity index (χ2v) is 10.7. The zero-order valence-electron chi connectivity index (χ0n) is 23.7. The van der Waals surface area contributed by atoms with E-state index in [4.69, 9.17) is 14.6 Å². The number of benzene rings is 3. The molecule has 1 aliphatic heterocycles. The van der Waals surface area contributed by atoms with E-state index in [9.17, 15) is 14.7 Å². The summed E-state index contributed by atoms with van der Waals surface area (Å²) in [6, 6.07) is 25.9. The van der Waals surface area contributed by atoms with Crippen LogP contribution < -0.4 is 5.32 Å². The lowest BCUT2D eigenvalue weighted by atomic mass is 9.99. The Bertz CT molecular complexity index is 1270. The summed E-state index contributed by atoms with van der Waals surface area (Å²) < 4.78 is 13.0. The number of hydrogen-bond donors (Lipinski definition) is 3. The summed E-state index contributed by atoms with van der Waals surface area (Å²) in [7, 11) is 2.10. The van der Waals surface area contributed by atoms with Gasteiger partial charge in [0.2, 0.25) is 5.91 Å². The minimum Gasteiger partial charge on any atom is -0.481 e. The van der Waals surface area contributed by atoms with Crippen molar-refractivity contribution in [3.63, 3.8) is 0 Å². The van der Waals surface area contributed by atoms with Crippen LogP contribution in [-0.2, 0) is 25.7 Å². The number of carboxylic acids is 1. The molecule has 4 rings (SSSR count). The summed E-state index contributed by atoms with van der Waals surface area (Å²) >= 11 is 0. The van der Waals surface area contributed by atoms with E-state index in [2.05, 4.69) is 48.5 Å². The summed E-state index contributed by atoms with van der Waals surface area (Å²) in [5.41, 5.74) is 4.54. The van der Waals surface area contributed by atoms with Gasteiger partial charge in [0.15, 0.2) is 6.29 Å². The summed E-state index contributed by atoms with van der Waals surface area (Å²) in [5.74, 6) is -1.01. The van der Waals surface area contributed by atoms with Gasteiger partial charge in [0.1, 0.15) is 0 Å². The molecule has 0 aromatic heterocycles. The minimum atomic E-state index is -0.854. The number of nitrogens with zero attached hydrogens (tertiary/aromatic N) is 1. The number of rotatable bonds is 13. The van der Waals surface area contributed by atoms with Crippen molar-refractivity contribution in [3.8, 4) is 0 Å². The molecule has 1 aliphatic rings. The monoisotopic (exact) mass is 560 g/mol.